The molecule has 4 nitrogen and oxygen atoms in total. The van der Waals surface area contributed by atoms with Gasteiger partial charge in [-0.3, -0.25) is 0 Å². The molecule has 0 aliphatic carbocycles. The van der Waals surface area contributed by atoms with Gasteiger partial charge in [0.1, 0.15) is 23.3 Å². The van der Waals surface area contributed by atoms with Crippen LogP contribution in [0.3, 0.4) is 0 Å². The lowest BCUT2D eigenvalue weighted by molar-refractivity contribution is -0.155. The minimum Gasteiger partial charge on any atom is -0.458 e. The lowest BCUT2D eigenvalue weighted by Gasteiger charge is -2.25. The number of ether oxygens (including phenoxy) is 1. The summed E-state index contributed by atoms with van der Waals surface area (Å²) in [5.41, 5.74) is 4.59. The first-order valence-corrected chi connectivity index (χ1v) is 10.3. The number of rotatable bonds is 5. The standard InChI is InChI=1S/C26H29FN2O2/c1-15(2)22-23(18-9-11-19(27)12-10-18)20-13-8-16(3)14-21(20)29-24(22)28-17(4)25(30)31-26(5,6)7/h8-14,17H,1H2,2-7H3,(H,28,29)/t17-/m0/s1. The number of anilines is 1. The third-order valence-corrected chi connectivity index (χ3v) is 4.81. The van der Waals surface area contributed by atoms with Crippen LogP contribution in [0.15, 0.2) is 49.0 Å². The average molecular weight is 421 g/mol. The molecule has 0 radical (unpaired) electrons. The molecule has 3 rings (SSSR count). The van der Waals surface area contributed by atoms with E-state index in [9.17, 15) is 9.18 Å². The fourth-order valence-electron chi connectivity index (χ4n) is 3.47. The summed E-state index contributed by atoms with van der Waals surface area (Å²) in [5, 5.41) is 4.16. The molecule has 0 aliphatic rings. The molecule has 0 spiro atoms. The highest BCUT2D eigenvalue weighted by Gasteiger charge is 2.24. The van der Waals surface area contributed by atoms with E-state index < -0.39 is 11.6 Å². The molecule has 1 aromatic heterocycles. The van der Waals surface area contributed by atoms with Crippen molar-refractivity contribution in [3.8, 4) is 11.1 Å². The van der Waals surface area contributed by atoms with Crippen molar-refractivity contribution in [2.24, 2.45) is 0 Å². The zero-order chi connectivity index (χ0) is 22.9. The van der Waals surface area contributed by atoms with E-state index in [1.54, 1.807) is 19.1 Å². The van der Waals surface area contributed by atoms with E-state index >= 15 is 0 Å². The predicted octanol–water partition coefficient (Wildman–Crippen LogP) is 6.52. The van der Waals surface area contributed by atoms with Crippen molar-refractivity contribution >= 4 is 28.3 Å². The van der Waals surface area contributed by atoms with Gasteiger partial charge in [0, 0.05) is 16.5 Å². The number of allylic oxidation sites excluding steroid dienone is 1. The maximum Gasteiger partial charge on any atom is 0.328 e. The molecule has 2 aromatic carbocycles. The molecule has 31 heavy (non-hydrogen) atoms. The Hall–Kier alpha value is -3.21. The largest absolute Gasteiger partial charge is 0.458 e. The van der Waals surface area contributed by atoms with E-state index in [1.165, 1.54) is 12.1 Å². The molecule has 162 valence electrons. The molecule has 0 bridgehead atoms. The number of nitrogens with zero attached hydrogens (tertiary/aromatic N) is 1. The van der Waals surface area contributed by atoms with Crippen molar-refractivity contribution in [1.29, 1.82) is 0 Å². The van der Waals surface area contributed by atoms with Crippen molar-refractivity contribution in [3.63, 3.8) is 0 Å². The predicted molar refractivity (Wildman–Crippen MR) is 126 cm³/mol. The second kappa shape index (κ2) is 8.50. The second-order valence-corrected chi connectivity index (χ2v) is 8.92. The molecule has 0 fully saturated rings. The van der Waals surface area contributed by atoms with E-state index in [4.69, 9.17) is 9.72 Å². The number of pyridine rings is 1. The van der Waals surface area contributed by atoms with Crippen LogP contribution < -0.4 is 5.32 Å². The van der Waals surface area contributed by atoms with Crippen LogP contribution in [0.4, 0.5) is 10.2 Å². The van der Waals surface area contributed by atoms with Crippen molar-refractivity contribution in [3.05, 3.63) is 66.0 Å². The van der Waals surface area contributed by atoms with Crippen LogP contribution in [0.2, 0.25) is 0 Å². The van der Waals surface area contributed by atoms with E-state index in [-0.39, 0.29) is 11.8 Å². The molecule has 1 atom stereocenters. The van der Waals surface area contributed by atoms with Gasteiger partial charge in [0.2, 0.25) is 0 Å². The first-order valence-electron chi connectivity index (χ1n) is 10.3. The van der Waals surface area contributed by atoms with Gasteiger partial charge in [-0.15, -0.1) is 0 Å². The van der Waals surface area contributed by atoms with Gasteiger partial charge in [-0.1, -0.05) is 30.8 Å². The Morgan fingerprint density at radius 2 is 1.81 bits per heavy atom. The number of carbonyl (C=O) groups excluding carboxylic acids is 1. The van der Waals surface area contributed by atoms with Crippen LogP contribution in [0.5, 0.6) is 0 Å². The lowest BCUT2D eigenvalue weighted by atomic mass is 9.92. The summed E-state index contributed by atoms with van der Waals surface area (Å²) in [4.78, 5) is 17.4. The number of carbonyl (C=O) groups is 1. The third kappa shape index (κ3) is 5.10. The van der Waals surface area contributed by atoms with Crippen molar-refractivity contribution in [2.45, 2.75) is 53.2 Å². The highest BCUT2D eigenvalue weighted by atomic mass is 19.1. The van der Waals surface area contributed by atoms with Gasteiger partial charge in [0.25, 0.3) is 0 Å². The number of aryl methyl sites for hydroxylation is 1. The van der Waals surface area contributed by atoms with E-state index in [0.717, 1.165) is 38.7 Å². The van der Waals surface area contributed by atoms with Gasteiger partial charge >= 0.3 is 5.97 Å². The van der Waals surface area contributed by atoms with Gasteiger partial charge < -0.3 is 10.1 Å². The Morgan fingerprint density at radius 3 is 2.39 bits per heavy atom. The Balaban J connectivity index is 2.21. The molecule has 3 aromatic rings. The van der Waals surface area contributed by atoms with Crippen LogP contribution in [0.1, 0.15) is 45.7 Å². The normalized spacial score (nSPS) is 12.5. The third-order valence-electron chi connectivity index (χ3n) is 4.81. The molecule has 5 heteroatoms. The molecule has 0 saturated heterocycles. The minimum absolute atomic E-state index is 0.299. The van der Waals surface area contributed by atoms with Crippen LogP contribution >= 0.6 is 0 Å². The summed E-state index contributed by atoms with van der Waals surface area (Å²) in [5.74, 6) is -0.121. The number of esters is 1. The molecule has 0 saturated carbocycles. The minimum atomic E-state index is -0.617. The fourth-order valence-corrected chi connectivity index (χ4v) is 3.47. The highest BCUT2D eigenvalue weighted by Crippen LogP contribution is 2.39. The molecule has 0 amide bonds. The number of nitrogens with one attached hydrogen (secondary N) is 1. The van der Waals surface area contributed by atoms with Gasteiger partial charge in [-0.2, -0.15) is 0 Å². The van der Waals surface area contributed by atoms with Crippen LogP contribution in [-0.2, 0) is 9.53 Å². The van der Waals surface area contributed by atoms with E-state index in [1.807, 2.05) is 52.8 Å². The first-order chi connectivity index (χ1) is 14.5. The maximum atomic E-state index is 13.6. The number of hydrogen-bond donors (Lipinski definition) is 1. The van der Waals surface area contributed by atoms with Gasteiger partial charge in [0.05, 0.1) is 5.52 Å². The Morgan fingerprint density at radius 1 is 1.16 bits per heavy atom. The number of benzene rings is 2. The zero-order valence-corrected chi connectivity index (χ0v) is 19.0. The summed E-state index contributed by atoms with van der Waals surface area (Å²) in [6.45, 7) is 15.3. The molecule has 1 heterocycles. The van der Waals surface area contributed by atoms with Crippen LogP contribution in [0.25, 0.3) is 27.6 Å². The molecular formula is C26H29FN2O2. The van der Waals surface area contributed by atoms with Crippen LogP contribution in [0, 0.1) is 12.7 Å². The van der Waals surface area contributed by atoms with Gasteiger partial charge in [-0.05, 0) is 76.4 Å². The Labute approximate surface area is 183 Å². The maximum absolute atomic E-state index is 13.6. The van der Waals surface area contributed by atoms with E-state index in [2.05, 4.69) is 11.9 Å². The molecular weight excluding hydrogens is 391 g/mol. The smallest absolute Gasteiger partial charge is 0.328 e. The SMILES string of the molecule is C=C(C)c1c(N[C@@H](C)C(=O)OC(C)(C)C)nc2cc(C)ccc2c1-c1ccc(F)cc1. The molecule has 0 unspecified atom stereocenters. The topological polar surface area (TPSA) is 51.2 Å². The zero-order valence-electron chi connectivity index (χ0n) is 19.0. The molecule has 0 aliphatic heterocycles. The van der Waals surface area contributed by atoms with Crippen molar-refractivity contribution in [1.82, 2.24) is 4.98 Å². The van der Waals surface area contributed by atoms with Crippen LogP contribution in [-0.4, -0.2) is 22.6 Å². The average Bonchev–Trinajstić information content (AvgIpc) is 2.65. The second-order valence-electron chi connectivity index (χ2n) is 8.92. The summed E-state index contributed by atoms with van der Waals surface area (Å²) in [6, 6.07) is 11.8. The van der Waals surface area contributed by atoms with Gasteiger partial charge in [0.15, 0.2) is 0 Å². The first kappa shape index (κ1) is 22.5. The quantitative estimate of drug-likeness (QED) is 0.477. The number of fused-ring (bicyclic) bond motifs is 1. The van der Waals surface area contributed by atoms with E-state index in [0.29, 0.717) is 5.82 Å². The summed E-state index contributed by atoms with van der Waals surface area (Å²) < 4.78 is 19.1. The fraction of sp³-hybridized carbons (Fsp3) is 0.308. The van der Waals surface area contributed by atoms with Gasteiger partial charge in [-0.25, -0.2) is 14.2 Å². The summed E-state index contributed by atoms with van der Waals surface area (Å²) in [6.07, 6.45) is 0. The summed E-state index contributed by atoms with van der Waals surface area (Å²) >= 11 is 0. The monoisotopic (exact) mass is 420 g/mol. The van der Waals surface area contributed by atoms with Crippen molar-refractivity contribution in [2.75, 3.05) is 5.32 Å². The number of hydrogen-bond acceptors (Lipinski definition) is 4. The lowest BCUT2D eigenvalue weighted by Crippen LogP contribution is -2.35. The Kier molecular flexibility index (Phi) is 6.16. The summed E-state index contributed by atoms with van der Waals surface area (Å²) in [7, 11) is 0. The Bertz CT molecular complexity index is 1140. The molecule has 1 N–H and O–H groups in total. The number of aromatic nitrogens is 1. The highest BCUT2D eigenvalue weighted by molar-refractivity contribution is 6.03. The number of halogens is 1. The van der Waals surface area contributed by atoms with Crippen molar-refractivity contribution < 1.29 is 13.9 Å².